The van der Waals surface area contributed by atoms with Crippen molar-refractivity contribution in [3.63, 3.8) is 0 Å². The number of nitrogens with one attached hydrogen (secondary N) is 1. The van der Waals surface area contributed by atoms with E-state index in [9.17, 15) is 4.79 Å². The van der Waals surface area contributed by atoms with Crippen LogP contribution in [0.25, 0.3) is 5.65 Å². The fourth-order valence-electron chi connectivity index (χ4n) is 2.94. The minimum Gasteiger partial charge on any atom is -0.490 e. The summed E-state index contributed by atoms with van der Waals surface area (Å²) < 4.78 is 13.2. The van der Waals surface area contributed by atoms with Crippen molar-refractivity contribution in [2.24, 2.45) is 0 Å². The van der Waals surface area contributed by atoms with E-state index in [0.717, 1.165) is 11.3 Å². The van der Waals surface area contributed by atoms with E-state index < -0.39 is 0 Å². The van der Waals surface area contributed by atoms with Gasteiger partial charge in [-0.15, -0.1) is 0 Å². The molecule has 2 aromatic heterocycles. The molecule has 2 heterocycles. The van der Waals surface area contributed by atoms with Crippen LogP contribution in [-0.2, 0) is 6.61 Å². The molecule has 0 saturated heterocycles. The molecule has 0 bridgehead atoms. The number of ether oxygens (including phenoxy) is 2. The number of amides is 1. The van der Waals surface area contributed by atoms with Crippen LogP contribution in [0.4, 0.5) is 5.69 Å². The zero-order valence-corrected chi connectivity index (χ0v) is 16.3. The number of hydrogen-bond acceptors (Lipinski definition) is 4. The van der Waals surface area contributed by atoms with E-state index in [2.05, 4.69) is 16.9 Å². The van der Waals surface area contributed by atoms with E-state index in [-0.39, 0.29) is 5.91 Å². The first-order valence-electron chi connectivity index (χ1n) is 9.52. The predicted octanol–water partition coefficient (Wildman–Crippen LogP) is 4.73. The Hall–Kier alpha value is -4.06. The second-order valence-corrected chi connectivity index (χ2v) is 6.59. The molecule has 0 unspecified atom stereocenters. The molecule has 1 amide bonds. The first-order valence-corrected chi connectivity index (χ1v) is 9.52. The normalized spacial score (nSPS) is 10.5. The van der Waals surface area contributed by atoms with Crippen molar-refractivity contribution in [3.05, 3.63) is 103 Å². The smallest absolute Gasteiger partial charge is 0.255 e. The van der Waals surface area contributed by atoms with Gasteiger partial charge in [0.05, 0.1) is 5.69 Å². The molecule has 6 nitrogen and oxygen atoms in total. The summed E-state index contributed by atoms with van der Waals surface area (Å²) in [5, 5.41) is 2.89. The minimum atomic E-state index is -0.206. The van der Waals surface area contributed by atoms with E-state index in [4.69, 9.17) is 9.47 Å². The topological polar surface area (TPSA) is 64.9 Å². The first-order chi connectivity index (χ1) is 14.7. The maximum atomic E-state index is 12.5. The van der Waals surface area contributed by atoms with Crippen LogP contribution in [0.5, 0.6) is 11.5 Å². The lowest BCUT2D eigenvalue weighted by atomic mass is 10.2. The molecular weight excluding hydrogens is 378 g/mol. The van der Waals surface area contributed by atoms with Crippen LogP contribution in [0.1, 0.15) is 16.1 Å². The third kappa shape index (κ3) is 4.67. The third-order valence-corrected chi connectivity index (χ3v) is 4.38. The zero-order valence-electron chi connectivity index (χ0n) is 16.3. The zero-order chi connectivity index (χ0) is 20.8. The van der Waals surface area contributed by atoms with Gasteiger partial charge in [-0.3, -0.25) is 4.79 Å². The Morgan fingerprint density at radius 2 is 1.90 bits per heavy atom. The second-order valence-electron chi connectivity index (χ2n) is 6.59. The molecule has 0 saturated carbocycles. The summed E-state index contributed by atoms with van der Waals surface area (Å²) in [5.41, 5.74) is 2.89. The molecule has 0 aliphatic heterocycles. The molecule has 0 aliphatic rings. The average molecular weight is 399 g/mol. The van der Waals surface area contributed by atoms with Gasteiger partial charge in [0, 0.05) is 29.7 Å². The maximum absolute atomic E-state index is 12.5. The van der Waals surface area contributed by atoms with Crippen LogP contribution in [0.15, 0.2) is 91.8 Å². The lowest BCUT2D eigenvalue weighted by Gasteiger charge is -2.09. The summed E-state index contributed by atoms with van der Waals surface area (Å²) in [6, 6.07) is 20.1. The Balaban J connectivity index is 1.37. The van der Waals surface area contributed by atoms with Gasteiger partial charge in [0.15, 0.2) is 0 Å². The molecule has 4 aromatic rings. The van der Waals surface area contributed by atoms with Crippen LogP contribution in [-0.4, -0.2) is 21.9 Å². The van der Waals surface area contributed by atoms with E-state index in [1.165, 1.54) is 0 Å². The number of aromatic nitrogens is 2. The van der Waals surface area contributed by atoms with Crippen molar-refractivity contribution in [2.75, 3.05) is 11.9 Å². The molecule has 30 heavy (non-hydrogen) atoms. The Labute approximate surface area is 174 Å². The predicted molar refractivity (Wildman–Crippen MR) is 116 cm³/mol. The van der Waals surface area contributed by atoms with E-state index in [1.807, 2.05) is 53.2 Å². The fraction of sp³-hybridized carbons (Fsp3) is 0.0833. The quantitative estimate of drug-likeness (QED) is 0.435. The van der Waals surface area contributed by atoms with E-state index in [1.54, 1.807) is 36.4 Å². The summed E-state index contributed by atoms with van der Waals surface area (Å²) in [6.07, 6.45) is 5.55. The Morgan fingerprint density at radius 3 is 2.70 bits per heavy atom. The van der Waals surface area contributed by atoms with Crippen molar-refractivity contribution < 1.29 is 14.3 Å². The number of fused-ring (bicyclic) bond motifs is 1. The van der Waals surface area contributed by atoms with Crippen LogP contribution >= 0.6 is 0 Å². The highest BCUT2D eigenvalue weighted by Crippen LogP contribution is 2.20. The molecule has 1 N–H and O–H groups in total. The summed E-state index contributed by atoms with van der Waals surface area (Å²) in [7, 11) is 0. The van der Waals surface area contributed by atoms with Gasteiger partial charge >= 0.3 is 0 Å². The van der Waals surface area contributed by atoms with Gasteiger partial charge in [-0.05, 0) is 48.5 Å². The molecule has 0 aliphatic carbocycles. The summed E-state index contributed by atoms with van der Waals surface area (Å²) in [5.74, 6) is 1.13. The van der Waals surface area contributed by atoms with Gasteiger partial charge in [0.1, 0.15) is 30.4 Å². The maximum Gasteiger partial charge on any atom is 0.255 e. The van der Waals surface area contributed by atoms with Gasteiger partial charge in [-0.2, -0.15) is 0 Å². The highest BCUT2D eigenvalue weighted by atomic mass is 16.5. The van der Waals surface area contributed by atoms with E-state index >= 15 is 0 Å². The van der Waals surface area contributed by atoms with E-state index in [0.29, 0.717) is 36.0 Å². The molecule has 4 rings (SSSR count). The number of rotatable bonds is 8. The lowest BCUT2D eigenvalue weighted by molar-refractivity contribution is 0.102. The van der Waals surface area contributed by atoms with Crippen molar-refractivity contribution in [1.82, 2.24) is 9.38 Å². The largest absolute Gasteiger partial charge is 0.490 e. The average Bonchev–Trinajstić information content (AvgIpc) is 3.20. The number of carbonyl (C=O) groups excluding carboxylic acids is 1. The van der Waals surface area contributed by atoms with Crippen LogP contribution in [0.2, 0.25) is 0 Å². The Kier molecular flexibility index (Phi) is 5.75. The fourth-order valence-corrected chi connectivity index (χ4v) is 2.94. The third-order valence-electron chi connectivity index (χ3n) is 4.38. The summed E-state index contributed by atoms with van der Waals surface area (Å²) in [6.45, 7) is 4.37. The van der Waals surface area contributed by atoms with Crippen LogP contribution in [0, 0.1) is 0 Å². The van der Waals surface area contributed by atoms with Gasteiger partial charge in [-0.25, -0.2) is 4.98 Å². The minimum absolute atomic E-state index is 0.206. The second kappa shape index (κ2) is 8.96. The number of nitrogens with zero attached hydrogens (tertiary/aromatic N) is 2. The number of carbonyl (C=O) groups is 1. The highest BCUT2D eigenvalue weighted by Gasteiger charge is 2.08. The summed E-state index contributed by atoms with van der Waals surface area (Å²) in [4.78, 5) is 17.0. The Morgan fingerprint density at radius 1 is 1.03 bits per heavy atom. The molecule has 0 atom stereocenters. The summed E-state index contributed by atoms with van der Waals surface area (Å²) >= 11 is 0. The highest BCUT2D eigenvalue weighted by molar-refractivity contribution is 6.04. The van der Waals surface area contributed by atoms with Gasteiger partial charge in [0.25, 0.3) is 5.91 Å². The van der Waals surface area contributed by atoms with Gasteiger partial charge in [0.2, 0.25) is 0 Å². The monoisotopic (exact) mass is 399 g/mol. The first kappa shape index (κ1) is 19.3. The Bertz CT molecular complexity index is 1130. The van der Waals surface area contributed by atoms with Crippen molar-refractivity contribution in [1.29, 1.82) is 0 Å². The van der Waals surface area contributed by atoms with Crippen LogP contribution in [0.3, 0.4) is 0 Å². The number of hydrogen-bond donors (Lipinski definition) is 1. The number of anilines is 1. The standard InChI is InChI=1S/C24H21N3O3/c1-2-14-29-21-11-9-18(10-12-21)24(28)26-19-6-5-7-22(15-19)30-17-20-16-27-13-4-3-8-23(27)25-20/h2-13,15-16H,1,14,17H2,(H,26,28). The number of pyridine rings is 1. The molecule has 2 aromatic carbocycles. The SMILES string of the molecule is C=CCOc1ccc(C(=O)Nc2cccc(OCc3cn4ccccc4n3)c2)cc1. The van der Waals surface area contributed by atoms with Crippen molar-refractivity contribution in [2.45, 2.75) is 6.61 Å². The van der Waals surface area contributed by atoms with Crippen LogP contribution < -0.4 is 14.8 Å². The van der Waals surface area contributed by atoms with Crippen molar-refractivity contribution in [3.8, 4) is 11.5 Å². The van der Waals surface area contributed by atoms with Gasteiger partial charge < -0.3 is 19.2 Å². The molecule has 6 heteroatoms. The molecule has 0 fully saturated rings. The van der Waals surface area contributed by atoms with Crippen molar-refractivity contribution >= 4 is 17.2 Å². The number of imidazole rings is 1. The van der Waals surface area contributed by atoms with Gasteiger partial charge in [-0.1, -0.05) is 24.8 Å². The molecule has 0 radical (unpaired) electrons. The molecule has 150 valence electrons. The number of benzene rings is 2. The molecule has 0 spiro atoms. The lowest BCUT2D eigenvalue weighted by Crippen LogP contribution is -2.11. The molecular formula is C24H21N3O3.